The molecule has 21 heavy (non-hydrogen) atoms. The van der Waals surface area contributed by atoms with Crippen LogP contribution in [0.25, 0.3) is 0 Å². The van der Waals surface area contributed by atoms with Gasteiger partial charge in [0.25, 0.3) is 0 Å². The minimum Gasteiger partial charge on any atom is -0.266 e. The van der Waals surface area contributed by atoms with Gasteiger partial charge in [0, 0.05) is 16.9 Å². The Kier molecular flexibility index (Phi) is 8.37. The van der Waals surface area contributed by atoms with E-state index in [0.29, 0.717) is 5.92 Å². The summed E-state index contributed by atoms with van der Waals surface area (Å²) in [5.74, 6) is 0.585. The van der Waals surface area contributed by atoms with Crippen LogP contribution in [0.2, 0.25) is 5.02 Å². The van der Waals surface area contributed by atoms with Crippen LogP contribution in [0.4, 0.5) is 0 Å². The summed E-state index contributed by atoms with van der Waals surface area (Å²) in [7, 11) is 0. The van der Waals surface area contributed by atoms with Gasteiger partial charge in [-0.3, -0.25) is 4.99 Å². The molecule has 1 aromatic carbocycles. The van der Waals surface area contributed by atoms with Crippen molar-refractivity contribution in [2.45, 2.75) is 59.8 Å². The minimum atomic E-state index is 0.585. The molecule has 0 saturated heterocycles. The second kappa shape index (κ2) is 9.78. The van der Waals surface area contributed by atoms with Gasteiger partial charge in [0.15, 0.2) is 0 Å². The maximum absolute atomic E-state index is 6.00. The van der Waals surface area contributed by atoms with Crippen LogP contribution >= 0.6 is 11.6 Å². The molecule has 0 radical (unpaired) electrons. The van der Waals surface area contributed by atoms with E-state index < -0.39 is 0 Å². The lowest BCUT2D eigenvalue weighted by atomic mass is 10.00. The number of allylic oxidation sites excluding steroid dienone is 1. The highest BCUT2D eigenvalue weighted by Crippen LogP contribution is 2.15. The molecular formula is C19H28ClN. The van der Waals surface area contributed by atoms with E-state index in [9.17, 15) is 0 Å². The van der Waals surface area contributed by atoms with E-state index in [0.717, 1.165) is 17.9 Å². The van der Waals surface area contributed by atoms with Crippen LogP contribution in [0.1, 0.15) is 58.9 Å². The average Bonchev–Trinajstić information content (AvgIpc) is 2.48. The summed E-state index contributed by atoms with van der Waals surface area (Å²) < 4.78 is 0. The first-order chi connectivity index (χ1) is 10.0. The van der Waals surface area contributed by atoms with E-state index in [1.165, 1.54) is 36.1 Å². The molecular weight excluding hydrogens is 278 g/mol. The molecule has 0 amide bonds. The van der Waals surface area contributed by atoms with Crippen LogP contribution in [-0.4, -0.2) is 5.71 Å². The predicted octanol–water partition coefficient (Wildman–Crippen LogP) is 6.46. The van der Waals surface area contributed by atoms with Crippen molar-refractivity contribution < 1.29 is 0 Å². The number of halogens is 1. The van der Waals surface area contributed by atoms with Gasteiger partial charge in [-0.15, -0.1) is 0 Å². The Morgan fingerprint density at radius 3 is 2.76 bits per heavy atom. The van der Waals surface area contributed by atoms with Crippen LogP contribution < -0.4 is 0 Å². The Hall–Kier alpha value is -1.08. The summed E-state index contributed by atoms with van der Waals surface area (Å²) in [6, 6.07) is 8.09. The molecule has 0 N–H and O–H groups in total. The van der Waals surface area contributed by atoms with Crippen molar-refractivity contribution in [1.29, 1.82) is 0 Å². The van der Waals surface area contributed by atoms with Crippen molar-refractivity contribution in [2.24, 2.45) is 10.9 Å². The molecule has 0 spiro atoms. The van der Waals surface area contributed by atoms with Crippen molar-refractivity contribution in [2.75, 3.05) is 0 Å². The molecule has 1 atom stereocenters. The van der Waals surface area contributed by atoms with E-state index in [-0.39, 0.29) is 0 Å². The zero-order valence-electron chi connectivity index (χ0n) is 13.8. The van der Waals surface area contributed by atoms with E-state index in [1.807, 2.05) is 24.4 Å². The van der Waals surface area contributed by atoms with Crippen molar-refractivity contribution in [3.05, 3.63) is 46.6 Å². The lowest BCUT2D eigenvalue weighted by Gasteiger charge is -2.09. The highest BCUT2D eigenvalue weighted by Gasteiger charge is 2.04. The molecule has 0 aliphatic rings. The summed E-state index contributed by atoms with van der Waals surface area (Å²) in [4.78, 5) is 4.64. The van der Waals surface area contributed by atoms with Crippen LogP contribution in [0.3, 0.4) is 0 Å². The summed E-state index contributed by atoms with van der Waals surface area (Å²) in [6.45, 7) is 8.79. The highest BCUT2D eigenvalue weighted by atomic mass is 35.5. The second-order valence-corrected chi connectivity index (χ2v) is 6.36. The molecule has 0 saturated carbocycles. The zero-order valence-corrected chi connectivity index (χ0v) is 14.6. The van der Waals surface area contributed by atoms with Crippen molar-refractivity contribution in [3.8, 4) is 0 Å². The smallest absolute Gasteiger partial charge is 0.0408 e. The third-order valence-corrected chi connectivity index (χ3v) is 4.12. The van der Waals surface area contributed by atoms with E-state index in [1.54, 1.807) is 0 Å². The first-order valence-corrected chi connectivity index (χ1v) is 8.35. The van der Waals surface area contributed by atoms with Gasteiger partial charge < -0.3 is 0 Å². The fourth-order valence-corrected chi connectivity index (χ4v) is 2.37. The van der Waals surface area contributed by atoms with Gasteiger partial charge >= 0.3 is 0 Å². The fourth-order valence-electron chi connectivity index (χ4n) is 2.16. The SMILES string of the molecule is CCCCC(C)/C(C)=N/C=C(\C)CCc1cccc(Cl)c1. The number of nitrogens with zero attached hydrogens (tertiary/aromatic N) is 1. The summed E-state index contributed by atoms with van der Waals surface area (Å²) >= 11 is 6.00. The quantitative estimate of drug-likeness (QED) is 0.488. The topological polar surface area (TPSA) is 12.4 Å². The average molecular weight is 306 g/mol. The predicted molar refractivity (Wildman–Crippen MR) is 95.3 cm³/mol. The Bertz CT molecular complexity index is 488. The van der Waals surface area contributed by atoms with Crippen LogP contribution in [0.15, 0.2) is 41.0 Å². The van der Waals surface area contributed by atoms with Crippen LogP contribution in [0, 0.1) is 5.92 Å². The van der Waals surface area contributed by atoms with Gasteiger partial charge in [0.2, 0.25) is 0 Å². The summed E-state index contributed by atoms with van der Waals surface area (Å²) in [6.07, 6.45) is 7.85. The molecule has 1 aromatic rings. The molecule has 1 unspecified atom stereocenters. The molecule has 0 bridgehead atoms. The first kappa shape index (κ1) is 18.0. The van der Waals surface area contributed by atoms with Crippen molar-refractivity contribution in [3.63, 3.8) is 0 Å². The van der Waals surface area contributed by atoms with E-state index in [4.69, 9.17) is 11.6 Å². The molecule has 0 aliphatic carbocycles. The number of unbranched alkanes of at least 4 members (excludes halogenated alkanes) is 1. The number of benzene rings is 1. The van der Waals surface area contributed by atoms with E-state index >= 15 is 0 Å². The normalized spacial score (nSPS) is 14.3. The van der Waals surface area contributed by atoms with Crippen LogP contribution in [0.5, 0.6) is 0 Å². The Balaban J connectivity index is 2.48. The Labute approximate surface area is 135 Å². The maximum atomic E-state index is 6.00. The molecule has 0 aliphatic heterocycles. The largest absolute Gasteiger partial charge is 0.266 e. The molecule has 0 aromatic heterocycles. The van der Waals surface area contributed by atoms with Gasteiger partial charge in [-0.2, -0.15) is 0 Å². The minimum absolute atomic E-state index is 0.585. The van der Waals surface area contributed by atoms with E-state index in [2.05, 4.69) is 38.8 Å². The summed E-state index contributed by atoms with van der Waals surface area (Å²) in [5.41, 5.74) is 3.84. The Morgan fingerprint density at radius 2 is 2.10 bits per heavy atom. The fraction of sp³-hybridized carbons (Fsp3) is 0.526. The van der Waals surface area contributed by atoms with Gasteiger partial charge in [-0.1, -0.05) is 56.0 Å². The lowest BCUT2D eigenvalue weighted by molar-refractivity contribution is 0.622. The molecule has 0 heterocycles. The Morgan fingerprint density at radius 1 is 1.33 bits per heavy atom. The number of aryl methyl sites for hydroxylation is 1. The van der Waals surface area contributed by atoms with Crippen LogP contribution in [-0.2, 0) is 6.42 Å². The van der Waals surface area contributed by atoms with Gasteiger partial charge in [-0.05, 0) is 56.7 Å². The molecule has 1 rings (SSSR count). The number of hydrogen-bond acceptors (Lipinski definition) is 1. The number of aliphatic imine (C=N–C) groups is 1. The van der Waals surface area contributed by atoms with Gasteiger partial charge in [-0.25, -0.2) is 0 Å². The standard InChI is InChI=1S/C19H28ClN/c1-5-6-8-16(3)17(4)21-14-15(2)11-12-18-9-7-10-19(20)13-18/h7,9-10,13-14,16H,5-6,8,11-12H2,1-4H3/b15-14+,21-17+. The molecule has 2 heteroatoms. The molecule has 0 fully saturated rings. The second-order valence-electron chi connectivity index (χ2n) is 5.92. The van der Waals surface area contributed by atoms with Crippen molar-refractivity contribution in [1.82, 2.24) is 0 Å². The maximum Gasteiger partial charge on any atom is 0.0408 e. The number of hydrogen-bond donors (Lipinski definition) is 0. The third-order valence-electron chi connectivity index (χ3n) is 3.89. The third kappa shape index (κ3) is 7.47. The zero-order chi connectivity index (χ0) is 15.7. The first-order valence-electron chi connectivity index (χ1n) is 7.97. The van der Waals surface area contributed by atoms with Gasteiger partial charge in [0.05, 0.1) is 0 Å². The molecule has 116 valence electrons. The summed E-state index contributed by atoms with van der Waals surface area (Å²) in [5, 5.41) is 0.813. The highest BCUT2D eigenvalue weighted by molar-refractivity contribution is 6.30. The van der Waals surface area contributed by atoms with Gasteiger partial charge in [0.1, 0.15) is 0 Å². The molecule has 1 nitrogen and oxygen atoms in total. The monoisotopic (exact) mass is 305 g/mol. The lowest BCUT2D eigenvalue weighted by Crippen LogP contribution is -2.06. The van der Waals surface area contributed by atoms with Crippen molar-refractivity contribution >= 4 is 17.3 Å². The number of rotatable bonds is 8.